The Morgan fingerprint density at radius 1 is 1.00 bits per heavy atom. The fraction of sp³-hybridized carbons (Fsp3) is 0.111. The van der Waals surface area contributed by atoms with Crippen LogP contribution in [0, 0.1) is 6.92 Å². The number of rotatable bonds is 2. The standard InChI is InChI=1S/C18H15NO3/c1-11-7-9-13(10-8-11)16(20)14-15(19-18(22)17(14)21)12-5-3-2-4-6-12/h2-10,15,20H,1H3,(H,19,22)/t15-/m1/s1. The first-order chi connectivity index (χ1) is 10.6. The first kappa shape index (κ1) is 14.1. The van der Waals surface area contributed by atoms with Crippen LogP contribution in [-0.2, 0) is 9.59 Å². The molecule has 1 aliphatic rings. The average Bonchev–Trinajstić information content (AvgIpc) is 2.84. The van der Waals surface area contributed by atoms with E-state index >= 15 is 0 Å². The van der Waals surface area contributed by atoms with Crippen molar-refractivity contribution in [2.45, 2.75) is 13.0 Å². The monoisotopic (exact) mass is 293 g/mol. The second-order valence-corrected chi connectivity index (χ2v) is 5.27. The third-order valence-electron chi connectivity index (χ3n) is 3.73. The minimum atomic E-state index is -0.692. The smallest absolute Gasteiger partial charge is 0.293 e. The van der Waals surface area contributed by atoms with Crippen LogP contribution in [0.3, 0.4) is 0 Å². The average molecular weight is 293 g/mol. The van der Waals surface area contributed by atoms with Crippen LogP contribution in [0.25, 0.3) is 5.76 Å². The van der Waals surface area contributed by atoms with Gasteiger partial charge in [0.2, 0.25) is 0 Å². The van der Waals surface area contributed by atoms with E-state index in [1.807, 2.05) is 49.4 Å². The number of aryl methyl sites for hydroxylation is 1. The highest BCUT2D eigenvalue weighted by molar-refractivity contribution is 6.46. The molecule has 1 atom stereocenters. The summed E-state index contributed by atoms with van der Waals surface area (Å²) in [4.78, 5) is 23.9. The van der Waals surface area contributed by atoms with Crippen molar-refractivity contribution in [3.05, 3.63) is 76.9 Å². The van der Waals surface area contributed by atoms with E-state index in [9.17, 15) is 14.7 Å². The van der Waals surface area contributed by atoms with Crippen LogP contribution in [0.1, 0.15) is 22.7 Å². The van der Waals surface area contributed by atoms with Gasteiger partial charge in [-0.05, 0) is 12.5 Å². The van der Waals surface area contributed by atoms with Crippen molar-refractivity contribution >= 4 is 17.4 Å². The van der Waals surface area contributed by atoms with Crippen molar-refractivity contribution < 1.29 is 14.7 Å². The zero-order valence-corrected chi connectivity index (χ0v) is 12.0. The molecular weight excluding hydrogens is 278 g/mol. The largest absolute Gasteiger partial charge is 0.507 e. The van der Waals surface area contributed by atoms with E-state index in [1.54, 1.807) is 12.1 Å². The molecule has 2 aromatic rings. The van der Waals surface area contributed by atoms with E-state index < -0.39 is 17.7 Å². The molecule has 0 aliphatic carbocycles. The fourth-order valence-electron chi connectivity index (χ4n) is 2.53. The first-order valence-corrected chi connectivity index (χ1v) is 6.98. The Labute approximate surface area is 128 Å². The minimum Gasteiger partial charge on any atom is -0.507 e. The maximum atomic E-state index is 12.1. The molecule has 4 heteroatoms. The zero-order chi connectivity index (χ0) is 15.7. The van der Waals surface area contributed by atoms with Crippen molar-refractivity contribution in [2.24, 2.45) is 0 Å². The summed E-state index contributed by atoms with van der Waals surface area (Å²) in [6.07, 6.45) is 0. The third-order valence-corrected chi connectivity index (χ3v) is 3.73. The molecule has 1 aliphatic heterocycles. The Kier molecular flexibility index (Phi) is 3.51. The van der Waals surface area contributed by atoms with Gasteiger partial charge in [0.25, 0.3) is 11.7 Å². The number of Topliss-reactive ketones (excluding diaryl/α,β-unsaturated/α-hetero) is 1. The number of hydrogen-bond donors (Lipinski definition) is 2. The van der Waals surface area contributed by atoms with E-state index in [1.165, 1.54) is 0 Å². The number of ketones is 1. The fourth-order valence-corrected chi connectivity index (χ4v) is 2.53. The lowest BCUT2D eigenvalue weighted by Crippen LogP contribution is -2.21. The molecular formula is C18H15NO3. The molecule has 0 bridgehead atoms. The van der Waals surface area contributed by atoms with E-state index in [2.05, 4.69) is 5.32 Å². The quantitative estimate of drug-likeness (QED) is 0.508. The Morgan fingerprint density at radius 3 is 2.27 bits per heavy atom. The van der Waals surface area contributed by atoms with Crippen molar-refractivity contribution in [1.82, 2.24) is 5.32 Å². The number of hydrogen-bond acceptors (Lipinski definition) is 3. The summed E-state index contributed by atoms with van der Waals surface area (Å²) in [6, 6.07) is 15.7. The molecule has 1 saturated heterocycles. The number of carbonyl (C=O) groups is 2. The Bertz CT molecular complexity index is 761. The molecule has 110 valence electrons. The van der Waals surface area contributed by atoms with Gasteiger partial charge in [0.15, 0.2) is 0 Å². The molecule has 0 spiro atoms. The molecule has 1 fully saturated rings. The molecule has 2 aromatic carbocycles. The number of nitrogens with one attached hydrogen (secondary N) is 1. The number of carbonyl (C=O) groups excluding carboxylic acids is 2. The van der Waals surface area contributed by atoms with E-state index in [-0.39, 0.29) is 11.3 Å². The van der Waals surface area contributed by atoms with Crippen molar-refractivity contribution in [3.63, 3.8) is 0 Å². The highest BCUT2D eigenvalue weighted by atomic mass is 16.3. The van der Waals surface area contributed by atoms with E-state index in [0.717, 1.165) is 11.1 Å². The van der Waals surface area contributed by atoms with Gasteiger partial charge in [-0.1, -0.05) is 60.2 Å². The predicted octanol–water partition coefficient (Wildman–Crippen LogP) is 2.70. The summed E-state index contributed by atoms with van der Waals surface area (Å²) in [5, 5.41) is 13.1. The van der Waals surface area contributed by atoms with Crippen LogP contribution in [0.2, 0.25) is 0 Å². The number of benzene rings is 2. The van der Waals surface area contributed by atoms with Gasteiger partial charge in [-0.25, -0.2) is 0 Å². The maximum Gasteiger partial charge on any atom is 0.293 e. The van der Waals surface area contributed by atoms with Gasteiger partial charge in [0.05, 0.1) is 11.6 Å². The van der Waals surface area contributed by atoms with Crippen LogP contribution in [-0.4, -0.2) is 16.8 Å². The van der Waals surface area contributed by atoms with Crippen LogP contribution in [0.4, 0.5) is 0 Å². The van der Waals surface area contributed by atoms with Gasteiger partial charge < -0.3 is 10.4 Å². The second-order valence-electron chi connectivity index (χ2n) is 5.27. The van der Waals surface area contributed by atoms with Gasteiger partial charge in [-0.2, -0.15) is 0 Å². The normalized spacial score (nSPS) is 20.0. The van der Waals surface area contributed by atoms with Gasteiger partial charge >= 0.3 is 0 Å². The molecule has 22 heavy (non-hydrogen) atoms. The molecule has 3 rings (SSSR count). The van der Waals surface area contributed by atoms with Gasteiger partial charge in [0, 0.05) is 5.56 Å². The van der Waals surface area contributed by atoms with Crippen molar-refractivity contribution in [1.29, 1.82) is 0 Å². The van der Waals surface area contributed by atoms with Crippen molar-refractivity contribution in [3.8, 4) is 0 Å². The summed E-state index contributed by atoms with van der Waals surface area (Å²) in [6.45, 7) is 1.94. The van der Waals surface area contributed by atoms with Gasteiger partial charge in [0.1, 0.15) is 5.76 Å². The first-order valence-electron chi connectivity index (χ1n) is 6.98. The summed E-state index contributed by atoms with van der Waals surface area (Å²) >= 11 is 0. The minimum absolute atomic E-state index is 0.0973. The lowest BCUT2D eigenvalue weighted by Gasteiger charge is -2.13. The van der Waals surface area contributed by atoms with Crippen LogP contribution >= 0.6 is 0 Å². The maximum absolute atomic E-state index is 12.1. The van der Waals surface area contributed by atoms with Gasteiger partial charge in [-0.15, -0.1) is 0 Å². The number of amides is 1. The van der Waals surface area contributed by atoms with Gasteiger partial charge in [-0.3, -0.25) is 9.59 Å². The molecule has 0 aromatic heterocycles. The topological polar surface area (TPSA) is 66.4 Å². The molecule has 0 unspecified atom stereocenters. The van der Waals surface area contributed by atoms with Crippen LogP contribution in [0.15, 0.2) is 60.2 Å². The molecule has 1 amide bonds. The second kappa shape index (κ2) is 5.48. The lowest BCUT2D eigenvalue weighted by molar-refractivity contribution is -0.133. The Morgan fingerprint density at radius 2 is 1.64 bits per heavy atom. The Hall–Kier alpha value is -2.88. The van der Waals surface area contributed by atoms with Crippen molar-refractivity contribution in [2.75, 3.05) is 0 Å². The summed E-state index contributed by atoms with van der Waals surface area (Å²) in [5.74, 6) is -1.54. The van der Waals surface area contributed by atoms with E-state index in [0.29, 0.717) is 5.56 Å². The highest BCUT2D eigenvalue weighted by Gasteiger charge is 2.39. The summed E-state index contributed by atoms with van der Waals surface area (Å²) in [7, 11) is 0. The SMILES string of the molecule is Cc1ccc(C(O)=C2C(=O)C(=O)N[C@@H]2c2ccccc2)cc1. The molecule has 2 N–H and O–H groups in total. The summed E-state index contributed by atoms with van der Waals surface area (Å²) in [5.41, 5.74) is 2.43. The summed E-state index contributed by atoms with van der Waals surface area (Å²) < 4.78 is 0. The molecule has 1 heterocycles. The number of aliphatic hydroxyl groups excluding tert-OH is 1. The molecule has 4 nitrogen and oxygen atoms in total. The molecule has 0 radical (unpaired) electrons. The lowest BCUT2D eigenvalue weighted by atomic mass is 9.96. The zero-order valence-electron chi connectivity index (χ0n) is 12.0. The predicted molar refractivity (Wildman–Crippen MR) is 83.1 cm³/mol. The third kappa shape index (κ3) is 2.39. The number of aliphatic hydroxyl groups is 1. The van der Waals surface area contributed by atoms with Crippen LogP contribution in [0.5, 0.6) is 0 Å². The highest BCUT2D eigenvalue weighted by Crippen LogP contribution is 2.32. The Balaban J connectivity index is 2.11. The van der Waals surface area contributed by atoms with Crippen LogP contribution < -0.4 is 5.32 Å². The van der Waals surface area contributed by atoms with E-state index in [4.69, 9.17) is 0 Å². The molecule has 0 saturated carbocycles.